The Labute approximate surface area is 144 Å². The van der Waals surface area contributed by atoms with Crippen molar-refractivity contribution in [1.29, 1.82) is 0 Å². The van der Waals surface area contributed by atoms with Crippen LogP contribution >= 0.6 is 11.6 Å². The molecule has 2 heterocycles. The Bertz CT molecular complexity index is 875. The van der Waals surface area contributed by atoms with Crippen molar-refractivity contribution in [3.8, 4) is 0 Å². The van der Waals surface area contributed by atoms with E-state index in [0.29, 0.717) is 35.1 Å². The molecule has 2 aromatic rings. The molecule has 1 N–H and O–H groups in total. The summed E-state index contributed by atoms with van der Waals surface area (Å²) in [6.07, 6.45) is 4.93. The van der Waals surface area contributed by atoms with Crippen LogP contribution in [0.25, 0.3) is 6.08 Å². The monoisotopic (exact) mass is 366 g/mol. The summed E-state index contributed by atoms with van der Waals surface area (Å²) in [6.45, 7) is 0.426. The van der Waals surface area contributed by atoms with Gasteiger partial charge in [-0.2, -0.15) is 0 Å². The Morgan fingerprint density at radius 3 is 2.83 bits per heavy atom. The normalized spacial score (nSPS) is 16.6. The minimum Gasteiger partial charge on any atom is -0.465 e. The maximum Gasteiger partial charge on any atom is 0.248 e. The number of benzene rings is 1. The molecular weight excluding hydrogens is 352 g/mol. The molecule has 126 valence electrons. The van der Waals surface area contributed by atoms with Gasteiger partial charge in [-0.3, -0.25) is 9.10 Å². The number of hydrogen-bond donors (Lipinski definition) is 1. The Kier molecular flexibility index (Phi) is 4.64. The Morgan fingerprint density at radius 2 is 2.17 bits per heavy atom. The highest BCUT2D eigenvalue weighted by Gasteiger charge is 2.28. The largest absolute Gasteiger partial charge is 0.465 e. The third-order valence-electron chi connectivity index (χ3n) is 3.54. The van der Waals surface area contributed by atoms with Gasteiger partial charge in [0.15, 0.2) is 0 Å². The highest BCUT2D eigenvalue weighted by Crippen LogP contribution is 2.31. The van der Waals surface area contributed by atoms with E-state index in [1.54, 1.807) is 30.3 Å². The van der Waals surface area contributed by atoms with Gasteiger partial charge in [-0.05, 0) is 42.8 Å². The lowest BCUT2D eigenvalue weighted by Gasteiger charge is -2.18. The highest BCUT2D eigenvalue weighted by atomic mass is 35.5. The summed E-state index contributed by atoms with van der Waals surface area (Å²) in [4.78, 5) is 12.0. The molecular formula is C16H15ClN2O4S. The highest BCUT2D eigenvalue weighted by molar-refractivity contribution is 7.93. The van der Waals surface area contributed by atoms with Crippen molar-refractivity contribution in [1.82, 2.24) is 0 Å². The number of nitrogens with one attached hydrogen (secondary N) is 1. The summed E-state index contributed by atoms with van der Waals surface area (Å²) in [5.41, 5.74) is 0.840. The number of carbonyl (C=O) groups excluding carboxylic acids is 1. The van der Waals surface area contributed by atoms with Crippen molar-refractivity contribution in [2.45, 2.75) is 6.42 Å². The van der Waals surface area contributed by atoms with Crippen molar-refractivity contribution in [2.75, 3.05) is 21.9 Å². The van der Waals surface area contributed by atoms with Gasteiger partial charge < -0.3 is 9.73 Å². The molecule has 6 nitrogen and oxygen atoms in total. The Hall–Kier alpha value is -2.25. The van der Waals surface area contributed by atoms with Crippen LogP contribution < -0.4 is 9.62 Å². The van der Waals surface area contributed by atoms with Gasteiger partial charge in [-0.25, -0.2) is 8.42 Å². The molecule has 1 aromatic heterocycles. The summed E-state index contributed by atoms with van der Waals surface area (Å²) in [5, 5.41) is 2.97. The van der Waals surface area contributed by atoms with E-state index in [9.17, 15) is 13.2 Å². The lowest BCUT2D eigenvalue weighted by Crippen LogP contribution is -2.25. The van der Waals surface area contributed by atoms with Crippen LogP contribution in [0, 0.1) is 0 Å². The van der Waals surface area contributed by atoms with Crippen LogP contribution in [0.1, 0.15) is 12.2 Å². The quantitative estimate of drug-likeness (QED) is 0.843. The van der Waals surface area contributed by atoms with Gasteiger partial charge in [0.1, 0.15) is 5.76 Å². The zero-order chi connectivity index (χ0) is 17.2. The lowest BCUT2D eigenvalue weighted by atomic mass is 10.2. The van der Waals surface area contributed by atoms with Crippen molar-refractivity contribution in [2.24, 2.45) is 0 Å². The predicted octanol–water partition coefficient (Wildman–Crippen LogP) is 3.12. The van der Waals surface area contributed by atoms with Crippen LogP contribution in [0.15, 0.2) is 47.1 Å². The van der Waals surface area contributed by atoms with Crippen LogP contribution in [0.2, 0.25) is 5.02 Å². The Morgan fingerprint density at radius 1 is 1.33 bits per heavy atom. The van der Waals surface area contributed by atoms with E-state index < -0.39 is 15.9 Å². The van der Waals surface area contributed by atoms with E-state index in [4.69, 9.17) is 16.0 Å². The molecule has 0 bridgehead atoms. The Balaban J connectivity index is 1.78. The summed E-state index contributed by atoms with van der Waals surface area (Å²) in [7, 11) is -3.29. The van der Waals surface area contributed by atoms with Crippen molar-refractivity contribution >= 4 is 45.0 Å². The molecule has 24 heavy (non-hydrogen) atoms. The molecule has 1 saturated heterocycles. The van der Waals surface area contributed by atoms with E-state index in [0.717, 1.165) is 0 Å². The topological polar surface area (TPSA) is 79.6 Å². The van der Waals surface area contributed by atoms with Gasteiger partial charge >= 0.3 is 0 Å². The van der Waals surface area contributed by atoms with Crippen LogP contribution in [0.4, 0.5) is 11.4 Å². The molecule has 1 amide bonds. The molecule has 0 saturated carbocycles. The van der Waals surface area contributed by atoms with Crippen molar-refractivity contribution in [3.63, 3.8) is 0 Å². The zero-order valence-corrected chi connectivity index (χ0v) is 14.2. The van der Waals surface area contributed by atoms with Crippen LogP contribution in [0.5, 0.6) is 0 Å². The number of furan rings is 1. The second-order valence-electron chi connectivity index (χ2n) is 5.24. The molecule has 0 aliphatic carbocycles. The number of anilines is 2. The summed E-state index contributed by atoms with van der Waals surface area (Å²) in [6, 6.07) is 8.18. The first-order valence-corrected chi connectivity index (χ1v) is 9.27. The van der Waals surface area contributed by atoms with Crippen LogP contribution in [-0.4, -0.2) is 26.6 Å². The van der Waals surface area contributed by atoms with Crippen molar-refractivity contribution < 1.29 is 17.6 Å². The first kappa shape index (κ1) is 16.6. The average Bonchev–Trinajstić information content (AvgIpc) is 3.16. The van der Waals surface area contributed by atoms with Crippen molar-refractivity contribution in [3.05, 3.63) is 53.5 Å². The second kappa shape index (κ2) is 6.70. The standard InChI is InChI=1S/C16H15ClN2O4S/c17-14-6-4-12(19-8-2-10-24(19,21)22)11-15(14)18-16(20)7-5-13-3-1-9-23-13/h1,3-7,9,11H,2,8,10H2,(H,18,20)/b7-5-. The molecule has 0 spiro atoms. The number of nitrogens with zero attached hydrogens (tertiary/aromatic N) is 1. The van der Waals surface area contributed by atoms with Gasteiger partial charge in [0.2, 0.25) is 15.9 Å². The van der Waals surface area contributed by atoms with Gasteiger partial charge in [-0.1, -0.05) is 11.6 Å². The van der Waals surface area contributed by atoms with Gasteiger partial charge in [0.05, 0.1) is 28.4 Å². The second-order valence-corrected chi connectivity index (χ2v) is 7.66. The first-order chi connectivity index (χ1) is 11.5. The summed E-state index contributed by atoms with van der Waals surface area (Å²) < 4.78 is 30.4. The van der Waals surface area contributed by atoms with Gasteiger partial charge in [-0.15, -0.1) is 0 Å². The number of sulfonamides is 1. The van der Waals surface area contributed by atoms with Crippen LogP contribution in [0.3, 0.4) is 0 Å². The fourth-order valence-corrected chi connectivity index (χ4v) is 4.13. The lowest BCUT2D eigenvalue weighted by molar-refractivity contribution is -0.111. The van der Waals surface area contributed by atoms with E-state index in [1.165, 1.54) is 22.7 Å². The molecule has 1 aliphatic heterocycles. The molecule has 0 radical (unpaired) electrons. The average molecular weight is 367 g/mol. The predicted molar refractivity (Wildman–Crippen MR) is 93.6 cm³/mol. The van der Waals surface area contributed by atoms with E-state index in [1.807, 2.05) is 0 Å². The number of rotatable bonds is 4. The minimum absolute atomic E-state index is 0.128. The molecule has 0 atom stereocenters. The summed E-state index contributed by atoms with van der Waals surface area (Å²) >= 11 is 6.09. The maximum absolute atomic E-state index is 12.0. The third-order valence-corrected chi connectivity index (χ3v) is 5.74. The minimum atomic E-state index is -3.29. The number of amides is 1. The molecule has 1 aromatic carbocycles. The van der Waals surface area contributed by atoms with E-state index in [2.05, 4.69) is 5.32 Å². The SMILES string of the molecule is O=C(/C=C\c1ccco1)Nc1cc(N2CCCS2(=O)=O)ccc1Cl. The zero-order valence-electron chi connectivity index (χ0n) is 12.6. The summed E-state index contributed by atoms with van der Waals surface area (Å²) in [5.74, 6) is 0.284. The maximum atomic E-state index is 12.0. The molecule has 0 unspecified atom stereocenters. The van der Waals surface area contributed by atoms with E-state index >= 15 is 0 Å². The van der Waals surface area contributed by atoms with Gasteiger partial charge in [0.25, 0.3) is 0 Å². The fraction of sp³-hybridized carbons (Fsp3) is 0.188. The number of hydrogen-bond acceptors (Lipinski definition) is 4. The van der Waals surface area contributed by atoms with Crippen LogP contribution in [-0.2, 0) is 14.8 Å². The third kappa shape index (κ3) is 3.63. The fourth-order valence-electron chi connectivity index (χ4n) is 2.41. The van der Waals surface area contributed by atoms with E-state index in [-0.39, 0.29) is 5.75 Å². The molecule has 3 rings (SSSR count). The first-order valence-electron chi connectivity index (χ1n) is 7.28. The molecule has 1 aliphatic rings. The molecule has 1 fully saturated rings. The molecule has 8 heteroatoms. The van der Waals surface area contributed by atoms with Gasteiger partial charge in [0, 0.05) is 12.6 Å². The number of halogens is 1. The smallest absolute Gasteiger partial charge is 0.248 e. The number of carbonyl (C=O) groups is 1.